The average molecular weight is 328 g/mol. The summed E-state index contributed by atoms with van der Waals surface area (Å²) >= 11 is 12.1. The first-order valence-electron chi connectivity index (χ1n) is 6.49. The van der Waals surface area contributed by atoms with E-state index in [1.54, 1.807) is 19.2 Å². The van der Waals surface area contributed by atoms with Crippen LogP contribution in [-0.2, 0) is 6.42 Å². The van der Waals surface area contributed by atoms with E-state index < -0.39 is 0 Å². The van der Waals surface area contributed by atoms with Gasteiger partial charge in [0, 0.05) is 21.7 Å². The van der Waals surface area contributed by atoms with E-state index in [-0.39, 0.29) is 11.9 Å². The van der Waals surface area contributed by atoms with E-state index in [1.807, 2.05) is 19.2 Å². The summed E-state index contributed by atoms with van der Waals surface area (Å²) < 4.78 is 18.5. The summed E-state index contributed by atoms with van der Waals surface area (Å²) in [6.45, 7) is 0. The first-order valence-corrected chi connectivity index (χ1v) is 7.25. The Morgan fingerprint density at radius 1 is 1.19 bits per heavy atom. The zero-order valence-corrected chi connectivity index (χ0v) is 13.3. The number of hydrogen-bond acceptors (Lipinski definition) is 2. The predicted molar refractivity (Wildman–Crippen MR) is 84.9 cm³/mol. The molecule has 21 heavy (non-hydrogen) atoms. The third-order valence-electron chi connectivity index (χ3n) is 3.36. The second-order valence-electron chi connectivity index (χ2n) is 4.67. The molecular weight excluding hydrogens is 312 g/mol. The van der Waals surface area contributed by atoms with Gasteiger partial charge in [-0.15, -0.1) is 0 Å². The fourth-order valence-electron chi connectivity index (χ4n) is 2.25. The van der Waals surface area contributed by atoms with Gasteiger partial charge in [0.25, 0.3) is 0 Å². The van der Waals surface area contributed by atoms with E-state index >= 15 is 0 Å². The molecule has 0 saturated carbocycles. The minimum atomic E-state index is -0.339. The summed E-state index contributed by atoms with van der Waals surface area (Å²) in [7, 11) is 3.46. The highest BCUT2D eigenvalue weighted by Crippen LogP contribution is 2.31. The smallest absolute Gasteiger partial charge is 0.125 e. The maximum atomic E-state index is 13.1. The van der Waals surface area contributed by atoms with Crippen molar-refractivity contribution in [2.24, 2.45) is 0 Å². The highest BCUT2D eigenvalue weighted by atomic mass is 35.5. The quantitative estimate of drug-likeness (QED) is 0.863. The van der Waals surface area contributed by atoms with Crippen LogP contribution >= 0.6 is 23.2 Å². The Hall–Kier alpha value is -1.29. The van der Waals surface area contributed by atoms with E-state index in [0.717, 1.165) is 11.1 Å². The Morgan fingerprint density at radius 2 is 1.95 bits per heavy atom. The molecule has 0 aromatic heterocycles. The predicted octanol–water partition coefficient (Wildman–Crippen LogP) is 4.64. The van der Waals surface area contributed by atoms with Crippen LogP contribution in [0, 0.1) is 5.82 Å². The van der Waals surface area contributed by atoms with Crippen LogP contribution in [0.1, 0.15) is 17.2 Å². The average Bonchev–Trinajstić information content (AvgIpc) is 2.47. The highest BCUT2D eigenvalue weighted by molar-refractivity contribution is 6.31. The molecule has 2 nitrogen and oxygen atoms in total. The van der Waals surface area contributed by atoms with Crippen molar-refractivity contribution in [1.29, 1.82) is 0 Å². The van der Waals surface area contributed by atoms with Crippen molar-refractivity contribution < 1.29 is 9.13 Å². The molecule has 5 heteroatoms. The zero-order chi connectivity index (χ0) is 15.4. The van der Waals surface area contributed by atoms with Crippen LogP contribution in [0.25, 0.3) is 0 Å². The molecular formula is C16H16Cl2FNO. The number of rotatable bonds is 5. The minimum Gasteiger partial charge on any atom is -0.496 e. The summed E-state index contributed by atoms with van der Waals surface area (Å²) in [4.78, 5) is 0. The molecule has 0 spiro atoms. The van der Waals surface area contributed by atoms with Gasteiger partial charge in [0.1, 0.15) is 11.6 Å². The maximum absolute atomic E-state index is 13.1. The summed E-state index contributed by atoms with van der Waals surface area (Å²) in [5.74, 6) is 0.369. The van der Waals surface area contributed by atoms with Gasteiger partial charge in [0.15, 0.2) is 0 Å². The monoisotopic (exact) mass is 327 g/mol. The van der Waals surface area contributed by atoms with Gasteiger partial charge in [0.05, 0.1) is 7.11 Å². The topological polar surface area (TPSA) is 21.3 Å². The maximum Gasteiger partial charge on any atom is 0.125 e. The molecule has 1 N–H and O–H groups in total. The van der Waals surface area contributed by atoms with Crippen molar-refractivity contribution in [2.45, 2.75) is 12.5 Å². The Morgan fingerprint density at radius 3 is 2.57 bits per heavy atom. The van der Waals surface area contributed by atoms with Crippen molar-refractivity contribution in [3.8, 4) is 5.75 Å². The third kappa shape index (κ3) is 3.88. The third-order valence-corrected chi connectivity index (χ3v) is 3.95. The van der Waals surface area contributed by atoms with Crippen LogP contribution in [-0.4, -0.2) is 14.2 Å². The Kier molecular flexibility index (Phi) is 5.45. The molecule has 2 aromatic rings. The lowest BCUT2D eigenvalue weighted by molar-refractivity contribution is 0.401. The normalized spacial score (nSPS) is 12.2. The largest absolute Gasteiger partial charge is 0.496 e. The van der Waals surface area contributed by atoms with Gasteiger partial charge >= 0.3 is 0 Å². The molecule has 0 radical (unpaired) electrons. The molecule has 2 rings (SSSR count). The molecule has 0 aliphatic heterocycles. The van der Waals surface area contributed by atoms with Crippen LogP contribution in [0.4, 0.5) is 4.39 Å². The summed E-state index contributed by atoms with van der Waals surface area (Å²) in [6, 6.07) is 9.92. The lowest BCUT2D eigenvalue weighted by Crippen LogP contribution is -2.19. The number of likely N-dealkylation sites (N-methyl/N-ethyl adjacent to an activating group) is 1. The molecule has 0 aliphatic rings. The Bertz CT molecular complexity index is 634. The Balaban J connectivity index is 2.32. The lowest BCUT2D eigenvalue weighted by atomic mass is 9.98. The lowest BCUT2D eigenvalue weighted by Gasteiger charge is -2.20. The second-order valence-corrected chi connectivity index (χ2v) is 5.51. The molecule has 0 saturated heterocycles. The number of ether oxygens (including phenoxy) is 1. The summed E-state index contributed by atoms with van der Waals surface area (Å²) in [5, 5.41) is 4.26. The van der Waals surface area contributed by atoms with Crippen LogP contribution in [0.5, 0.6) is 5.75 Å². The number of hydrogen-bond donors (Lipinski definition) is 1. The molecule has 2 aromatic carbocycles. The molecule has 112 valence electrons. The van der Waals surface area contributed by atoms with Crippen LogP contribution in [0.2, 0.25) is 10.0 Å². The van der Waals surface area contributed by atoms with Crippen molar-refractivity contribution in [3.63, 3.8) is 0 Å². The molecule has 0 fully saturated rings. The van der Waals surface area contributed by atoms with Crippen molar-refractivity contribution >= 4 is 23.2 Å². The van der Waals surface area contributed by atoms with Gasteiger partial charge in [-0.05, 0) is 43.3 Å². The highest BCUT2D eigenvalue weighted by Gasteiger charge is 2.17. The first-order chi connectivity index (χ1) is 10.0. The fourth-order valence-corrected chi connectivity index (χ4v) is 2.65. The van der Waals surface area contributed by atoms with Crippen molar-refractivity contribution in [1.82, 2.24) is 5.32 Å². The van der Waals surface area contributed by atoms with Crippen molar-refractivity contribution in [3.05, 3.63) is 63.4 Å². The van der Waals surface area contributed by atoms with Crippen LogP contribution in [0.3, 0.4) is 0 Å². The number of benzene rings is 2. The van der Waals surface area contributed by atoms with E-state index in [9.17, 15) is 4.39 Å². The van der Waals surface area contributed by atoms with E-state index in [0.29, 0.717) is 22.2 Å². The molecule has 1 unspecified atom stereocenters. The van der Waals surface area contributed by atoms with Crippen molar-refractivity contribution in [2.75, 3.05) is 14.2 Å². The fraction of sp³-hybridized carbons (Fsp3) is 0.250. The van der Waals surface area contributed by atoms with Gasteiger partial charge in [-0.3, -0.25) is 0 Å². The van der Waals surface area contributed by atoms with Gasteiger partial charge < -0.3 is 10.1 Å². The van der Waals surface area contributed by atoms with E-state index in [1.165, 1.54) is 12.1 Å². The van der Waals surface area contributed by atoms with E-state index in [2.05, 4.69) is 5.32 Å². The van der Waals surface area contributed by atoms with Gasteiger partial charge in [-0.25, -0.2) is 4.39 Å². The molecule has 0 bridgehead atoms. The minimum absolute atomic E-state index is 0.0137. The molecule has 0 amide bonds. The van der Waals surface area contributed by atoms with Gasteiger partial charge in [0.2, 0.25) is 0 Å². The molecule has 0 heterocycles. The number of methoxy groups -OCH3 is 1. The molecule has 1 atom stereocenters. The van der Waals surface area contributed by atoms with Gasteiger partial charge in [-0.2, -0.15) is 0 Å². The van der Waals surface area contributed by atoms with Crippen LogP contribution < -0.4 is 10.1 Å². The zero-order valence-electron chi connectivity index (χ0n) is 11.8. The molecule has 0 aliphatic carbocycles. The summed E-state index contributed by atoms with van der Waals surface area (Å²) in [6.07, 6.45) is 0.619. The number of nitrogens with one attached hydrogen (secondary N) is 1. The van der Waals surface area contributed by atoms with Crippen LogP contribution in [0.15, 0.2) is 36.4 Å². The Labute approximate surface area is 133 Å². The first kappa shape index (κ1) is 16.1. The second kappa shape index (κ2) is 7.12. The SMILES string of the molecule is CNC(Cc1ccc(F)cc1Cl)c1ccc(Cl)cc1OC. The van der Waals surface area contributed by atoms with E-state index in [4.69, 9.17) is 27.9 Å². The van der Waals surface area contributed by atoms with Gasteiger partial charge in [-0.1, -0.05) is 35.3 Å². The summed E-state index contributed by atoms with van der Waals surface area (Å²) in [5.41, 5.74) is 1.85. The standard InChI is InChI=1S/C16H16Cl2FNO/c1-20-15(7-10-3-5-12(19)9-14(10)18)13-6-4-11(17)8-16(13)21-2/h3-6,8-9,15,20H,7H2,1-2H3. The number of halogens is 3.